The van der Waals surface area contributed by atoms with E-state index in [1.54, 1.807) is 18.2 Å². The maximum atomic E-state index is 11.2. The zero-order valence-corrected chi connectivity index (χ0v) is 13.6. The quantitative estimate of drug-likeness (QED) is 0.783. The average molecular weight is 325 g/mol. The van der Waals surface area contributed by atoms with Gasteiger partial charge >= 0.3 is 5.97 Å². The molecule has 1 saturated carbocycles. The number of hydrogen-bond acceptors (Lipinski definition) is 3. The Morgan fingerprint density at radius 1 is 1.04 bits per heavy atom. The summed E-state index contributed by atoms with van der Waals surface area (Å²) in [6.45, 7) is 1.52. The minimum Gasteiger partial charge on any atom is -0.478 e. The largest absolute Gasteiger partial charge is 0.478 e. The summed E-state index contributed by atoms with van der Waals surface area (Å²) in [5, 5.41) is 19.0. The van der Waals surface area contributed by atoms with Crippen LogP contribution in [0.25, 0.3) is 0 Å². The number of aromatic carboxylic acids is 1. The Hall–Kier alpha value is -2.17. The van der Waals surface area contributed by atoms with Crippen molar-refractivity contribution in [2.75, 3.05) is 6.61 Å². The number of carboxylic acid groups (broad SMARTS) is 1. The fourth-order valence-corrected chi connectivity index (χ4v) is 3.19. The van der Waals surface area contributed by atoms with Crippen LogP contribution in [0.4, 0.5) is 0 Å². The molecule has 3 rings (SSSR count). The van der Waals surface area contributed by atoms with Gasteiger partial charge in [0.05, 0.1) is 12.2 Å². The van der Waals surface area contributed by atoms with Crippen LogP contribution in [0.2, 0.25) is 0 Å². The molecule has 0 radical (unpaired) electrons. The molecule has 1 aliphatic rings. The smallest absolute Gasteiger partial charge is 0.335 e. The SMILES string of the molecule is O=C(O)c1cccc(CN(Cc2ccccc2)C(CO)C2CC2)c1. The lowest BCUT2D eigenvalue weighted by molar-refractivity contribution is 0.0695. The highest BCUT2D eigenvalue weighted by Crippen LogP contribution is 2.36. The summed E-state index contributed by atoms with van der Waals surface area (Å²) >= 11 is 0. The second-order valence-electron chi connectivity index (χ2n) is 6.48. The predicted octanol–water partition coefficient (Wildman–Crippen LogP) is 3.16. The molecule has 0 spiro atoms. The number of carbonyl (C=O) groups is 1. The highest BCUT2D eigenvalue weighted by molar-refractivity contribution is 5.87. The molecule has 1 aliphatic carbocycles. The van der Waals surface area contributed by atoms with Crippen molar-refractivity contribution >= 4 is 5.97 Å². The molecule has 4 heteroatoms. The van der Waals surface area contributed by atoms with Gasteiger partial charge in [-0.15, -0.1) is 0 Å². The van der Waals surface area contributed by atoms with Gasteiger partial charge in [0.2, 0.25) is 0 Å². The van der Waals surface area contributed by atoms with Crippen LogP contribution in [0.3, 0.4) is 0 Å². The fourth-order valence-electron chi connectivity index (χ4n) is 3.19. The van der Waals surface area contributed by atoms with E-state index in [1.807, 2.05) is 24.3 Å². The summed E-state index contributed by atoms with van der Waals surface area (Å²) in [5.74, 6) is -0.367. The van der Waals surface area contributed by atoms with Crippen molar-refractivity contribution in [2.24, 2.45) is 5.92 Å². The number of aliphatic hydroxyl groups is 1. The van der Waals surface area contributed by atoms with E-state index in [4.69, 9.17) is 0 Å². The Labute approximate surface area is 142 Å². The Morgan fingerprint density at radius 2 is 1.71 bits per heavy atom. The van der Waals surface area contributed by atoms with Crippen molar-refractivity contribution in [3.05, 3.63) is 71.3 Å². The van der Waals surface area contributed by atoms with E-state index in [0.29, 0.717) is 18.0 Å². The van der Waals surface area contributed by atoms with Gasteiger partial charge in [-0.25, -0.2) is 4.79 Å². The van der Waals surface area contributed by atoms with E-state index in [1.165, 1.54) is 5.56 Å². The molecule has 126 valence electrons. The first-order valence-electron chi connectivity index (χ1n) is 8.38. The Morgan fingerprint density at radius 3 is 2.33 bits per heavy atom. The maximum Gasteiger partial charge on any atom is 0.335 e. The Balaban J connectivity index is 1.81. The van der Waals surface area contributed by atoms with Crippen LogP contribution in [0.15, 0.2) is 54.6 Å². The molecule has 0 aromatic heterocycles. The molecule has 0 amide bonds. The lowest BCUT2D eigenvalue weighted by Gasteiger charge is -2.31. The van der Waals surface area contributed by atoms with Crippen LogP contribution in [0, 0.1) is 5.92 Å². The van der Waals surface area contributed by atoms with Gasteiger partial charge in [-0.1, -0.05) is 42.5 Å². The predicted molar refractivity (Wildman–Crippen MR) is 92.7 cm³/mol. The third-order valence-electron chi connectivity index (χ3n) is 4.61. The number of nitrogens with zero attached hydrogens (tertiary/aromatic N) is 1. The molecule has 1 fully saturated rings. The number of hydrogen-bond donors (Lipinski definition) is 2. The third kappa shape index (κ3) is 4.22. The molecule has 24 heavy (non-hydrogen) atoms. The molecule has 1 atom stereocenters. The highest BCUT2D eigenvalue weighted by atomic mass is 16.4. The summed E-state index contributed by atoms with van der Waals surface area (Å²) in [6.07, 6.45) is 2.32. The normalized spacial score (nSPS) is 15.4. The van der Waals surface area contributed by atoms with Crippen LogP contribution in [0.5, 0.6) is 0 Å². The van der Waals surface area contributed by atoms with Crippen molar-refractivity contribution in [2.45, 2.75) is 32.0 Å². The summed E-state index contributed by atoms with van der Waals surface area (Å²) < 4.78 is 0. The minimum atomic E-state index is -0.910. The first-order chi connectivity index (χ1) is 11.7. The Bertz CT molecular complexity index is 682. The summed E-state index contributed by atoms with van der Waals surface area (Å²) in [6, 6.07) is 17.4. The van der Waals surface area contributed by atoms with E-state index in [-0.39, 0.29) is 12.6 Å². The molecule has 1 unspecified atom stereocenters. The minimum absolute atomic E-state index is 0.124. The lowest BCUT2D eigenvalue weighted by Crippen LogP contribution is -2.38. The third-order valence-corrected chi connectivity index (χ3v) is 4.61. The van der Waals surface area contributed by atoms with E-state index >= 15 is 0 Å². The lowest BCUT2D eigenvalue weighted by atomic mass is 10.1. The molecule has 2 aromatic carbocycles. The fraction of sp³-hybridized carbons (Fsp3) is 0.350. The van der Waals surface area contributed by atoms with Crippen molar-refractivity contribution < 1.29 is 15.0 Å². The highest BCUT2D eigenvalue weighted by Gasteiger charge is 2.34. The molecular weight excluding hydrogens is 302 g/mol. The Kier molecular flexibility index (Phi) is 5.28. The van der Waals surface area contributed by atoms with Gasteiger partial charge in [-0.05, 0) is 42.0 Å². The molecule has 0 aliphatic heterocycles. The molecule has 4 nitrogen and oxygen atoms in total. The van der Waals surface area contributed by atoms with E-state index in [0.717, 1.165) is 24.9 Å². The van der Waals surface area contributed by atoms with Crippen molar-refractivity contribution in [1.29, 1.82) is 0 Å². The number of aliphatic hydroxyl groups excluding tert-OH is 1. The van der Waals surface area contributed by atoms with E-state index in [9.17, 15) is 15.0 Å². The number of carboxylic acids is 1. The summed E-state index contributed by atoms with van der Waals surface area (Å²) in [5.41, 5.74) is 2.47. The average Bonchev–Trinajstić information content (AvgIpc) is 3.41. The summed E-state index contributed by atoms with van der Waals surface area (Å²) in [4.78, 5) is 13.5. The molecule has 2 N–H and O–H groups in total. The van der Waals surface area contributed by atoms with Crippen LogP contribution >= 0.6 is 0 Å². The van der Waals surface area contributed by atoms with Crippen LogP contribution in [0.1, 0.15) is 34.3 Å². The first kappa shape index (κ1) is 16.7. The standard InChI is InChI=1S/C20H23NO3/c22-14-19(17-9-10-17)21(12-15-5-2-1-3-6-15)13-16-7-4-8-18(11-16)20(23)24/h1-8,11,17,19,22H,9-10,12-14H2,(H,23,24). The van der Waals surface area contributed by atoms with Gasteiger partial charge in [0, 0.05) is 19.1 Å². The molecule has 2 aromatic rings. The van der Waals surface area contributed by atoms with Crippen LogP contribution < -0.4 is 0 Å². The van der Waals surface area contributed by atoms with Gasteiger partial charge in [0.15, 0.2) is 0 Å². The van der Waals surface area contributed by atoms with Gasteiger partial charge in [-0.3, -0.25) is 4.90 Å². The molecule has 0 saturated heterocycles. The molecule has 0 bridgehead atoms. The van der Waals surface area contributed by atoms with Gasteiger partial charge in [0.25, 0.3) is 0 Å². The first-order valence-corrected chi connectivity index (χ1v) is 8.38. The number of benzene rings is 2. The van der Waals surface area contributed by atoms with E-state index in [2.05, 4.69) is 17.0 Å². The summed E-state index contributed by atoms with van der Waals surface area (Å²) in [7, 11) is 0. The number of rotatable bonds is 8. The zero-order chi connectivity index (χ0) is 16.9. The van der Waals surface area contributed by atoms with Crippen LogP contribution in [-0.4, -0.2) is 33.7 Å². The van der Waals surface area contributed by atoms with E-state index < -0.39 is 5.97 Å². The van der Waals surface area contributed by atoms with Gasteiger partial charge < -0.3 is 10.2 Å². The van der Waals surface area contributed by atoms with Crippen LogP contribution in [-0.2, 0) is 13.1 Å². The maximum absolute atomic E-state index is 11.2. The van der Waals surface area contributed by atoms with Crippen molar-refractivity contribution in [1.82, 2.24) is 4.90 Å². The molecular formula is C20H23NO3. The van der Waals surface area contributed by atoms with Gasteiger partial charge in [0.1, 0.15) is 0 Å². The second-order valence-corrected chi connectivity index (χ2v) is 6.48. The topological polar surface area (TPSA) is 60.8 Å². The second kappa shape index (κ2) is 7.60. The van der Waals surface area contributed by atoms with Crippen molar-refractivity contribution in [3.63, 3.8) is 0 Å². The molecule has 0 heterocycles. The van der Waals surface area contributed by atoms with Gasteiger partial charge in [-0.2, -0.15) is 0 Å². The van der Waals surface area contributed by atoms with Crippen molar-refractivity contribution in [3.8, 4) is 0 Å². The monoisotopic (exact) mass is 325 g/mol. The zero-order valence-electron chi connectivity index (χ0n) is 13.6.